The molecule has 0 N–H and O–H groups in total. The molecule has 0 saturated carbocycles. The number of alkyl halides is 1. The minimum Gasteiger partial charge on any atom is -0.280 e. The van der Waals surface area contributed by atoms with E-state index in [1.165, 1.54) is 12.4 Å². The molecule has 0 aromatic carbocycles. The molecule has 0 atom stereocenters. The normalized spacial score (nSPS) is 7.93. The molecule has 1 aromatic rings. The molecule has 0 saturated heterocycles. The molecular formula is C8H7Cl4NO2. The van der Waals surface area contributed by atoms with Crippen LogP contribution in [0.25, 0.3) is 0 Å². The number of carbonyl (C=O) groups is 2. The third kappa shape index (κ3) is 9.94. The Morgan fingerprint density at radius 3 is 1.80 bits per heavy atom. The molecule has 0 bridgehead atoms. The van der Waals surface area contributed by atoms with Gasteiger partial charge in [0.1, 0.15) is 0 Å². The summed E-state index contributed by atoms with van der Waals surface area (Å²) in [5.74, 6) is -0.0957. The minimum absolute atomic E-state index is 0. The molecule has 0 radical (unpaired) electrons. The molecule has 3 nitrogen and oxygen atoms in total. The van der Waals surface area contributed by atoms with Crippen LogP contribution >= 0.6 is 47.2 Å². The van der Waals surface area contributed by atoms with Crippen LogP contribution < -0.4 is 0 Å². The molecule has 1 rings (SSSR count). The molecule has 7 heteroatoms. The highest BCUT2D eigenvalue weighted by atomic mass is 35.5. The molecular weight excluding hydrogens is 284 g/mol. The second-order valence-electron chi connectivity index (χ2n) is 2.00. The van der Waals surface area contributed by atoms with Gasteiger partial charge in [0, 0.05) is 18.0 Å². The summed E-state index contributed by atoms with van der Waals surface area (Å²) in [5, 5.41) is -0.955. The molecule has 84 valence electrons. The van der Waals surface area contributed by atoms with E-state index in [0.717, 1.165) is 0 Å². The van der Waals surface area contributed by atoms with Gasteiger partial charge in [-0.2, -0.15) is 0 Å². The van der Waals surface area contributed by atoms with Crippen LogP contribution in [0.2, 0.25) is 0 Å². The summed E-state index contributed by atoms with van der Waals surface area (Å²) in [6.45, 7) is 0. The fourth-order valence-electron chi connectivity index (χ4n) is 0.483. The Kier molecular flexibility index (Phi) is 11.6. The van der Waals surface area contributed by atoms with E-state index in [9.17, 15) is 9.59 Å². The van der Waals surface area contributed by atoms with Gasteiger partial charge in [0.25, 0.3) is 5.24 Å². The Morgan fingerprint density at radius 1 is 1.20 bits per heavy atom. The van der Waals surface area contributed by atoms with Gasteiger partial charge in [0.15, 0.2) is 0 Å². The number of rotatable bonds is 2. The van der Waals surface area contributed by atoms with Gasteiger partial charge in [-0.25, -0.2) is 0 Å². The van der Waals surface area contributed by atoms with Crippen molar-refractivity contribution in [1.82, 2.24) is 4.98 Å². The highest BCUT2D eigenvalue weighted by Gasteiger charge is 1.96. The molecule has 0 aliphatic carbocycles. The van der Waals surface area contributed by atoms with E-state index in [2.05, 4.69) is 4.98 Å². The lowest BCUT2D eigenvalue weighted by atomic mass is 10.3. The Balaban J connectivity index is 0. The van der Waals surface area contributed by atoms with E-state index < -0.39 is 10.5 Å². The summed E-state index contributed by atoms with van der Waals surface area (Å²) in [6, 6.07) is 3.13. The highest BCUT2D eigenvalue weighted by Crippen LogP contribution is 1.99. The largest absolute Gasteiger partial charge is 0.280 e. The van der Waals surface area contributed by atoms with E-state index >= 15 is 0 Å². The zero-order valence-electron chi connectivity index (χ0n) is 7.32. The van der Waals surface area contributed by atoms with Gasteiger partial charge >= 0.3 is 0 Å². The van der Waals surface area contributed by atoms with Crippen molar-refractivity contribution in [2.75, 3.05) is 5.88 Å². The number of halogens is 4. The average Bonchev–Trinajstić information content (AvgIpc) is 2.20. The number of nitrogens with zero attached hydrogens (tertiary/aromatic N) is 1. The topological polar surface area (TPSA) is 47.0 Å². The third-order valence-electron chi connectivity index (χ3n) is 1.01. The Hall–Kier alpha value is -0.350. The van der Waals surface area contributed by atoms with Crippen molar-refractivity contribution in [3.05, 3.63) is 30.1 Å². The molecule has 0 aliphatic rings. The number of pyridine rings is 1. The van der Waals surface area contributed by atoms with Gasteiger partial charge in [-0.3, -0.25) is 14.6 Å². The van der Waals surface area contributed by atoms with E-state index in [1.54, 1.807) is 12.1 Å². The zero-order chi connectivity index (χ0) is 11.0. The van der Waals surface area contributed by atoms with E-state index in [0.29, 0.717) is 5.56 Å². The first kappa shape index (κ1) is 17.1. The summed E-state index contributed by atoms with van der Waals surface area (Å²) in [4.78, 5) is 23.5. The van der Waals surface area contributed by atoms with Gasteiger partial charge in [-0.1, -0.05) is 0 Å². The van der Waals surface area contributed by atoms with Crippen LogP contribution in [0.4, 0.5) is 0 Å². The van der Waals surface area contributed by atoms with Crippen LogP contribution in [0, 0.1) is 0 Å². The highest BCUT2D eigenvalue weighted by molar-refractivity contribution is 6.68. The van der Waals surface area contributed by atoms with Crippen molar-refractivity contribution >= 4 is 57.7 Å². The predicted molar refractivity (Wildman–Crippen MR) is 63.2 cm³/mol. The standard InChI is InChI=1S/C6H4ClNO.C2H2Cl2O.ClH/c7-6(9)5-1-3-8-4-2-5;3-1-2(4)5;/h1-4H;1H2;1H. The van der Waals surface area contributed by atoms with Crippen LogP contribution in [0.15, 0.2) is 24.5 Å². The van der Waals surface area contributed by atoms with Gasteiger partial charge in [0.05, 0.1) is 5.88 Å². The first-order valence-corrected chi connectivity index (χ1v) is 4.71. The number of hydrogen-bond acceptors (Lipinski definition) is 3. The molecule has 0 aliphatic heterocycles. The van der Waals surface area contributed by atoms with E-state index in [4.69, 9.17) is 34.8 Å². The molecule has 0 amide bonds. The molecule has 0 fully saturated rings. The predicted octanol–water partition coefficient (Wildman–Crippen LogP) is 2.87. The fraction of sp³-hybridized carbons (Fsp3) is 0.125. The molecule has 1 heterocycles. The smallest absolute Gasteiger partial charge is 0.252 e. The fourth-order valence-corrected chi connectivity index (χ4v) is 0.609. The zero-order valence-corrected chi connectivity index (χ0v) is 10.4. The number of hydrogen-bond donors (Lipinski definition) is 0. The summed E-state index contributed by atoms with van der Waals surface area (Å²) >= 11 is 14.7. The Bertz CT molecular complexity index is 305. The van der Waals surface area contributed by atoms with Crippen LogP contribution in [0.1, 0.15) is 10.4 Å². The first-order valence-electron chi connectivity index (χ1n) is 3.42. The van der Waals surface area contributed by atoms with Gasteiger partial charge < -0.3 is 0 Å². The summed E-state index contributed by atoms with van der Waals surface area (Å²) in [7, 11) is 0. The second kappa shape index (κ2) is 10.2. The minimum atomic E-state index is -0.508. The van der Waals surface area contributed by atoms with Crippen LogP contribution in [0.5, 0.6) is 0 Å². The maximum absolute atomic E-state index is 10.4. The van der Waals surface area contributed by atoms with Crippen LogP contribution in [-0.2, 0) is 4.79 Å². The maximum Gasteiger partial charge on any atom is 0.252 e. The maximum atomic E-state index is 10.4. The summed E-state index contributed by atoms with van der Waals surface area (Å²) in [5.41, 5.74) is 0.478. The molecule has 0 unspecified atom stereocenters. The lowest BCUT2D eigenvalue weighted by Gasteiger charge is -1.86. The van der Waals surface area contributed by atoms with E-state index in [-0.39, 0.29) is 18.3 Å². The van der Waals surface area contributed by atoms with Crippen LogP contribution in [0.3, 0.4) is 0 Å². The number of carbonyl (C=O) groups excluding carboxylic acids is 2. The average molecular weight is 291 g/mol. The third-order valence-corrected chi connectivity index (χ3v) is 1.74. The Morgan fingerprint density at radius 2 is 1.60 bits per heavy atom. The Labute approximate surface area is 108 Å². The first-order chi connectivity index (χ1) is 6.57. The molecule has 0 spiro atoms. The second-order valence-corrected chi connectivity index (χ2v) is 3.03. The SMILES string of the molecule is Cl.O=C(Cl)CCl.O=C(Cl)c1ccncc1. The summed E-state index contributed by atoms with van der Waals surface area (Å²) in [6.07, 6.45) is 3.05. The van der Waals surface area contributed by atoms with E-state index in [1.807, 2.05) is 0 Å². The quantitative estimate of drug-likeness (QED) is 0.621. The monoisotopic (exact) mass is 289 g/mol. The van der Waals surface area contributed by atoms with Crippen molar-refractivity contribution in [2.24, 2.45) is 0 Å². The van der Waals surface area contributed by atoms with Crippen molar-refractivity contribution in [2.45, 2.75) is 0 Å². The summed E-state index contributed by atoms with van der Waals surface area (Å²) < 4.78 is 0. The van der Waals surface area contributed by atoms with Gasteiger partial charge in [0.2, 0.25) is 5.24 Å². The van der Waals surface area contributed by atoms with Gasteiger partial charge in [-0.15, -0.1) is 24.0 Å². The van der Waals surface area contributed by atoms with Crippen molar-refractivity contribution in [1.29, 1.82) is 0 Å². The van der Waals surface area contributed by atoms with Crippen LogP contribution in [-0.4, -0.2) is 21.3 Å². The van der Waals surface area contributed by atoms with Crippen molar-refractivity contribution < 1.29 is 9.59 Å². The van der Waals surface area contributed by atoms with Gasteiger partial charge in [-0.05, 0) is 35.3 Å². The molecule has 1 aromatic heterocycles. The molecule has 15 heavy (non-hydrogen) atoms. The van der Waals surface area contributed by atoms with Crippen molar-refractivity contribution in [3.8, 4) is 0 Å². The van der Waals surface area contributed by atoms with Crippen molar-refractivity contribution in [3.63, 3.8) is 0 Å². The lowest BCUT2D eigenvalue weighted by Crippen LogP contribution is -1.86. The number of aromatic nitrogens is 1. The lowest BCUT2D eigenvalue weighted by molar-refractivity contribution is -0.109.